The van der Waals surface area contributed by atoms with Crippen LogP contribution in [0.15, 0.2) is 59.1 Å². The van der Waals surface area contributed by atoms with Crippen LogP contribution in [0.5, 0.6) is 0 Å². The molecule has 1 aromatic heterocycles. The number of carbonyl (C=O) groups excluding carboxylic acids is 1. The summed E-state index contributed by atoms with van der Waals surface area (Å²) in [4.78, 5) is 12.3. The number of nitrogens with zero attached hydrogens (tertiary/aromatic N) is 2. The molecular formula is C18H16BrN3OS. The van der Waals surface area contributed by atoms with Crippen LogP contribution in [0.3, 0.4) is 0 Å². The van der Waals surface area contributed by atoms with Crippen molar-refractivity contribution in [2.75, 3.05) is 5.32 Å². The highest BCUT2D eigenvalue weighted by Gasteiger charge is 2.18. The molecule has 0 aliphatic rings. The maximum Gasteiger partial charge on any atom is 0.257 e. The fourth-order valence-electron chi connectivity index (χ4n) is 2.46. The number of hydrogen-bond acceptors (Lipinski definition) is 4. The minimum absolute atomic E-state index is 0.188. The van der Waals surface area contributed by atoms with Crippen molar-refractivity contribution in [3.63, 3.8) is 0 Å². The Morgan fingerprint density at radius 2 is 1.96 bits per heavy atom. The van der Waals surface area contributed by atoms with E-state index in [0.717, 1.165) is 15.9 Å². The van der Waals surface area contributed by atoms with Gasteiger partial charge in [0.2, 0.25) is 5.13 Å². The maximum atomic E-state index is 12.3. The molecule has 0 spiro atoms. The fourth-order valence-corrected chi connectivity index (χ4v) is 3.81. The Morgan fingerprint density at radius 3 is 2.67 bits per heavy atom. The predicted octanol–water partition coefficient (Wildman–Crippen LogP) is 5.09. The highest BCUT2D eigenvalue weighted by molar-refractivity contribution is 9.10. The summed E-state index contributed by atoms with van der Waals surface area (Å²) >= 11 is 4.79. The third-order valence-corrected chi connectivity index (χ3v) is 5.10. The molecule has 0 radical (unpaired) electrons. The second-order valence-electron chi connectivity index (χ2n) is 5.28. The standard InChI is InChI=1S/C18H16BrN3OS/c1-2-15(12-7-4-3-5-8-12)17-21-22-18(24-17)20-16(23)13-9-6-10-14(19)11-13/h3-11,15H,2H2,1H3,(H,20,22,23)/t15-/m0/s1. The van der Waals surface area contributed by atoms with Crippen molar-refractivity contribution in [1.82, 2.24) is 10.2 Å². The zero-order valence-corrected chi connectivity index (χ0v) is 15.5. The quantitative estimate of drug-likeness (QED) is 0.647. The molecule has 24 heavy (non-hydrogen) atoms. The van der Waals surface area contributed by atoms with Gasteiger partial charge in [-0.1, -0.05) is 70.6 Å². The Hall–Kier alpha value is -2.05. The summed E-state index contributed by atoms with van der Waals surface area (Å²) in [6.45, 7) is 2.12. The molecule has 0 fully saturated rings. The van der Waals surface area contributed by atoms with Gasteiger partial charge in [0.25, 0.3) is 5.91 Å². The molecule has 0 aliphatic carbocycles. The Kier molecular flexibility index (Phi) is 5.37. The van der Waals surface area contributed by atoms with E-state index in [4.69, 9.17) is 0 Å². The first kappa shape index (κ1) is 16.8. The molecule has 1 heterocycles. The summed E-state index contributed by atoms with van der Waals surface area (Å²) in [6, 6.07) is 17.5. The average molecular weight is 402 g/mol. The van der Waals surface area contributed by atoms with Gasteiger partial charge in [-0.15, -0.1) is 10.2 Å². The molecule has 1 atom stereocenters. The van der Waals surface area contributed by atoms with Gasteiger partial charge in [0.05, 0.1) is 0 Å². The van der Waals surface area contributed by atoms with Crippen LogP contribution >= 0.6 is 27.3 Å². The van der Waals surface area contributed by atoms with E-state index in [9.17, 15) is 4.79 Å². The molecule has 0 unspecified atom stereocenters. The fraction of sp³-hybridized carbons (Fsp3) is 0.167. The van der Waals surface area contributed by atoms with Gasteiger partial charge >= 0.3 is 0 Å². The molecule has 2 aromatic carbocycles. The second-order valence-corrected chi connectivity index (χ2v) is 7.21. The SMILES string of the molecule is CC[C@@H](c1ccccc1)c1nnc(NC(=O)c2cccc(Br)c2)s1. The third kappa shape index (κ3) is 3.88. The summed E-state index contributed by atoms with van der Waals surface area (Å²) in [5.41, 5.74) is 1.79. The number of anilines is 1. The van der Waals surface area contributed by atoms with Crippen molar-refractivity contribution in [2.24, 2.45) is 0 Å². The molecule has 3 aromatic rings. The highest BCUT2D eigenvalue weighted by atomic mass is 79.9. The van der Waals surface area contributed by atoms with Crippen molar-refractivity contribution in [3.8, 4) is 0 Å². The lowest BCUT2D eigenvalue weighted by Crippen LogP contribution is -2.11. The van der Waals surface area contributed by atoms with Crippen LogP contribution in [0.4, 0.5) is 5.13 Å². The smallest absolute Gasteiger partial charge is 0.257 e. The maximum absolute atomic E-state index is 12.3. The van der Waals surface area contributed by atoms with E-state index in [-0.39, 0.29) is 11.8 Å². The van der Waals surface area contributed by atoms with Crippen molar-refractivity contribution in [1.29, 1.82) is 0 Å². The Labute approximate surface area is 153 Å². The summed E-state index contributed by atoms with van der Waals surface area (Å²) < 4.78 is 0.864. The monoisotopic (exact) mass is 401 g/mol. The zero-order valence-electron chi connectivity index (χ0n) is 13.1. The van der Waals surface area contributed by atoms with Crippen LogP contribution in [-0.4, -0.2) is 16.1 Å². The Morgan fingerprint density at radius 1 is 1.17 bits per heavy atom. The van der Waals surface area contributed by atoms with Crippen molar-refractivity contribution < 1.29 is 4.79 Å². The van der Waals surface area contributed by atoms with Crippen LogP contribution in [0.1, 0.15) is 40.2 Å². The van der Waals surface area contributed by atoms with Gasteiger partial charge in [-0.3, -0.25) is 10.1 Å². The van der Waals surface area contributed by atoms with Gasteiger partial charge in [-0.05, 0) is 30.2 Å². The van der Waals surface area contributed by atoms with Gasteiger partial charge in [-0.2, -0.15) is 0 Å². The normalized spacial score (nSPS) is 11.9. The lowest BCUT2D eigenvalue weighted by atomic mass is 9.97. The first-order chi connectivity index (χ1) is 11.7. The van der Waals surface area contributed by atoms with Gasteiger partial charge in [0.15, 0.2) is 0 Å². The predicted molar refractivity (Wildman–Crippen MR) is 101 cm³/mol. The Bertz CT molecular complexity index is 835. The largest absolute Gasteiger partial charge is 0.296 e. The van der Waals surface area contributed by atoms with Gasteiger partial charge in [0, 0.05) is 16.0 Å². The lowest BCUT2D eigenvalue weighted by Gasteiger charge is -2.11. The summed E-state index contributed by atoms with van der Waals surface area (Å²) in [7, 11) is 0. The van der Waals surface area contributed by atoms with Gasteiger partial charge in [0.1, 0.15) is 5.01 Å². The van der Waals surface area contributed by atoms with Crippen molar-refractivity contribution in [3.05, 3.63) is 75.2 Å². The van der Waals surface area contributed by atoms with Crippen molar-refractivity contribution in [2.45, 2.75) is 19.3 Å². The Balaban J connectivity index is 1.77. The van der Waals surface area contributed by atoms with Crippen LogP contribution in [0.2, 0.25) is 0 Å². The van der Waals surface area contributed by atoms with E-state index in [2.05, 4.69) is 50.5 Å². The number of carbonyl (C=O) groups is 1. The van der Waals surface area contributed by atoms with Crippen LogP contribution in [0, 0.1) is 0 Å². The number of rotatable bonds is 5. The number of benzene rings is 2. The minimum atomic E-state index is -0.188. The van der Waals surface area contributed by atoms with Crippen LogP contribution < -0.4 is 5.32 Å². The molecule has 0 aliphatic heterocycles. The first-order valence-electron chi connectivity index (χ1n) is 7.62. The number of aromatic nitrogens is 2. The molecular weight excluding hydrogens is 386 g/mol. The topological polar surface area (TPSA) is 54.9 Å². The number of nitrogens with one attached hydrogen (secondary N) is 1. The highest BCUT2D eigenvalue weighted by Crippen LogP contribution is 2.31. The molecule has 0 bridgehead atoms. The lowest BCUT2D eigenvalue weighted by molar-refractivity contribution is 0.102. The van der Waals surface area contributed by atoms with E-state index >= 15 is 0 Å². The second kappa shape index (κ2) is 7.68. The van der Waals surface area contributed by atoms with Crippen molar-refractivity contribution >= 4 is 38.3 Å². The molecule has 1 amide bonds. The van der Waals surface area contributed by atoms with Crippen LogP contribution in [0.25, 0.3) is 0 Å². The van der Waals surface area contributed by atoms with E-state index in [1.165, 1.54) is 16.9 Å². The molecule has 0 saturated heterocycles. The van der Waals surface area contributed by atoms with Gasteiger partial charge < -0.3 is 0 Å². The van der Waals surface area contributed by atoms with Crippen LogP contribution in [-0.2, 0) is 0 Å². The molecule has 0 saturated carbocycles. The molecule has 122 valence electrons. The minimum Gasteiger partial charge on any atom is -0.296 e. The first-order valence-corrected chi connectivity index (χ1v) is 9.23. The molecule has 3 rings (SSSR count). The van der Waals surface area contributed by atoms with E-state index in [0.29, 0.717) is 10.7 Å². The number of halogens is 1. The molecule has 4 nitrogen and oxygen atoms in total. The summed E-state index contributed by atoms with van der Waals surface area (Å²) in [5.74, 6) is 0.00646. The average Bonchev–Trinajstić information content (AvgIpc) is 3.04. The van der Waals surface area contributed by atoms with E-state index < -0.39 is 0 Å². The van der Waals surface area contributed by atoms with Gasteiger partial charge in [-0.25, -0.2) is 0 Å². The number of amides is 1. The third-order valence-electron chi connectivity index (χ3n) is 3.66. The summed E-state index contributed by atoms with van der Waals surface area (Å²) in [5, 5.41) is 12.6. The van der Waals surface area contributed by atoms with E-state index in [1.807, 2.05) is 30.3 Å². The molecule has 1 N–H and O–H groups in total. The van der Waals surface area contributed by atoms with E-state index in [1.54, 1.807) is 12.1 Å². The summed E-state index contributed by atoms with van der Waals surface area (Å²) in [6.07, 6.45) is 0.929. The molecule has 6 heteroatoms. The number of hydrogen-bond donors (Lipinski definition) is 1. The zero-order chi connectivity index (χ0) is 16.9.